The fourth-order valence-corrected chi connectivity index (χ4v) is 3.28. The van der Waals surface area contributed by atoms with Crippen LogP contribution in [0.25, 0.3) is 11.3 Å². The second-order valence-corrected chi connectivity index (χ2v) is 7.30. The van der Waals surface area contributed by atoms with Crippen LogP contribution < -0.4 is 9.64 Å². The first-order chi connectivity index (χ1) is 15.8. The Labute approximate surface area is 188 Å². The van der Waals surface area contributed by atoms with Crippen molar-refractivity contribution in [2.75, 3.05) is 11.9 Å². The van der Waals surface area contributed by atoms with Crippen molar-refractivity contribution >= 4 is 17.7 Å². The lowest BCUT2D eigenvalue weighted by Gasteiger charge is -2.20. The SMILES string of the molecule is CN(c1ccccc1)c1cc(C=O)nc(-c2ccc(Oc3ccc(C(F)(F)F)cc3)cc2)c1. The molecule has 4 nitrogen and oxygen atoms in total. The van der Waals surface area contributed by atoms with Gasteiger partial charge in [-0.3, -0.25) is 4.79 Å². The van der Waals surface area contributed by atoms with Crippen molar-refractivity contribution in [2.45, 2.75) is 6.18 Å². The van der Waals surface area contributed by atoms with Crippen LogP contribution in [0.2, 0.25) is 0 Å². The van der Waals surface area contributed by atoms with Crippen LogP contribution in [0.15, 0.2) is 91.0 Å². The highest BCUT2D eigenvalue weighted by molar-refractivity contribution is 5.79. The number of nitrogens with zero attached hydrogens (tertiary/aromatic N) is 2. The maximum absolute atomic E-state index is 12.7. The van der Waals surface area contributed by atoms with Gasteiger partial charge in [-0.05, 0) is 72.8 Å². The summed E-state index contributed by atoms with van der Waals surface area (Å²) in [5.74, 6) is 0.760. The van der Waals surface area contributed by atoms with E-state index in [9.17, 15) is 18.0 Å². The smallest absolute Gasteiger partial charge is 0.416 e. The third-order valence-electron chi connectivity index (χ3n) is 5.05. The molecule has 0 amide bonds. The maximum atomic E-state index is 12.7. The molecular weight excluding hydrogens is 429 g/mol. The van der Waals surface area contributed by atoms with Gasteiger partial charge in [0.05, 0.1) is 11.3 Å². The number of para-hydroxylation sites is 1. The number of hydrogen-bond donors (Lipinski definition) is 0. The van der Waals surface area contributed by atoms with E-state index in [1.165, 1.54) is 12.1 Å². The molecule has 0 N–H and O–H groups in total. The van der Waals surface area contributed by atoms with Crippen LogP contribution in [0.3, 0.4) is 0 Å². The molecular formula is C26H19F3N2O2. The highest BCUT2D eigenvalue weighted by Gasteiger charge is 2.30. The molecule has 1 heterocycles. The molecule has 3 aromatic carbocycles. The number of rotatable bonds is 6. The van der Waals surface area contributed by atoms with Crippen LogP contribution in [0.4, 0.5) is 24.5 Å². The summed E-state index contributed by atoms with van der Waals surface area (Å²) in [5, 5.41) is 0. The van der Waals surface area contributed by atoms with Gasteiger partial charge in [-0.15, -0.1) is 0 Å². The van der Waals surface area contributed by atoms with Gasteiger partial charge in [0.25, 0.3) is 0 Å². The monoisotopic (exact) mass is 448 g/mol. The molecule has 7 heteroatoms. The fraction of sp³-hybridized carbons (Fsp3) is 0.0769. The molecule has 0 saturated carbocycles. The van der Waals surface area contributed by atoms with Crippen molar-refractivity contribution in [3.05, 3.63) is 102 Å². The van der Waals surface area contributed by atoms with Crippen molar-refractivity contribution in [2.24, 2.45) is 0 Å². The molecule has 4 rings (SSSR count). The van der Waals surface area contributed by atoms with Crippen LogP contribution in [-0.4, -0.2) is 18.3 Å². The summed E-state index contributed by atoms with van der Waals surface area (Å²) in [6, 6.07) is 24.8. The van der Waals surface area contributed by atoms with E-state index in [0.717, 1.165) is 29.1 Å². The first-order valence-corrected chi connectivity index (χ1v) is 10.0. The van der Waals surface area contributed by atoms with E-state index in [1.54, 1.807) is 30.3 Å². The van der Waals surface area contributed by atoms with Crippen molar-refractivity contribution < 1.29 is 22.7 Å². The van der Waals surface area contributed by atoms with Gasteiger partial charge in [-0.1, -0.05) is 18.2 Å². The van der Waals surface area contributed by atoms with Gasteiger partial charge in [-0.2, -0.15) is 13.2 Å². The summed E-state index contributed by atoms with van der Waals surface area (Å²) in [5.41, 5.74) is 2.71. The van der Waals surface area contributed by atoms with Gasteiger partial charge >= 0.3 is 6.18 Å². The Balaban J connectivity index is 1.56. The Morgan fingerprint density at radius 1 is 0.818 bits per heavy atom. The maximum Gasteiger partial charge on any atom is 0.416 e. The molecule has 0 spiro atoms. The summed E-state index contributed by atoms with van der Waals surface area (Å²) in [6.45, 7) is 0. The number of carbonyl (C=O) groups is 1. The Bertz CT molecular complexity index is 1240. The number of pyridine rings is 1. The molecule has 0 saturated heterocycles. The van der Waals surface area contributed by atoms with E-state index >= 15 is 0 Å². The molecule has 0 radical (unpaired) electrons. The lowest BCUT2D eigenvalue weighted by molar-refractivity contribution is -0.137. The highest BCUT2D eigenvalue weighted by Crippen LogP contribution is 2.32. The summed E-state index contributed by atoms with van der Waals surface area (Å²) >= 11 is 0. The van der Waals surface area contributed by atoms with Crippen LogP contribution >= 0.6 is 0 Å². The van der Waals surface area contributed by atoms with E-state index in [0.29, 0.717) is 29.2 Å². The number of aromatic nitrogens is 1. The van der Waals surface area contributed by atoms with Crippen LogP contribution in [0.1, 0.15) is 16.1 Å². The number of ether oxygens (including phenoxy) is 1. The number of carbonyl (C=O) groups excluding carboxylic acids is 1. The average molecular weight is 448 g/mol. The molecule has 0 aliphatic carbocycles. The third kappa shape index (κ3) is 5.20. The van der Waals surface area contributed by atoms with Gasteiger partial charge in [0.1, 0.15) is 17.2 Å². The zero-order chi connectivity index (χ0) is 23.4. The van der Waals surface area contributed by atoms with Crippen molar-refractivity contribution in [3.63, 3.8) is 0 Å². The Hall–Kier alpha value is -4.13. The van der Waals surface area contributed by atoms with Crippen molar-refractivity contribution in [1.82, 2.24) is 4.98 Å². The lowest BCUT2D eigenvalue weighted by Crippen LogP contribution is -2.10. The molecule has 166 valence electrons. The zero-order valence-electron chi connectivity index (χ0n) is 17.6. The molecule has 1 aromatic heterocycles. The molecule has 33 heavy (non-hydrogen) atoms. The second kappa shape index (κ2) is 9.16. The Morgan fingerprint density at radius 2 is 1.42 bits per heavy atom. The predicted octanol–water partition coefficient (Wildman–Crippen LogP) is 7.14. The van der Waals surface area contributed by atoms with Gasteiger partial charge < -0.3 is 9.64 Å². The van der Waals surface area contributed by atoms with Crippen LogP contribution in [0, 0.1) is 0 Å². The molecule has 0 aliphatic heterocycles. The summed E-state index contributed by atoms with van der Waals surface area (Å²) in [7, 11) is 1.91. The first kappa shape index (κ1) is 22.1. The summed E-state index contributed by atoms with van der Waals surface area (Å²) < 4.78 is 43.8. The van der Waals surface area contributed by atoms with Gasteiger partial charge in [0.2, 0.25) is 0 Å². The number of benzene rings is 3. The fourth-order valence-electron chi connectivity index (χ4n) is 3.28. The number of hydrogen-bond acceptors (Lipinski definition) is 4. The number of aldehydes is 1. The number of halogens is 3. The van der Waals surface area contributed by atoms with E-state index in [-0.39, 0.29) is 0 Å². The van der Waals surface area contributed by atoms with Gasteiger partial charge in [0, 0.05) is 24.0 Å². The van der Waals surface area contributed by atoms with Crippen LogP contribution in [-0.2, 0) is 6.18 Å². The Morgan fingerprint density at radius 3 is 2.00 bits per heavy atom. The van der Waals surface area contributed by atoms with Gasteiger partial charge in [-0.25, -0.2) is 4.98 Å². The summed E-state index contributed by atoms with van der Waals surface area (Å²) in [4.78, 5) is 17.8. The normalized spacial score (nSPS) is 11.2. The number of alkyl halides is 3. The third-order valence-corrected chi connectivity index (χ3v) is 5.05. The minimum atomic E-state index is -4.39. The molecule has 0 fully saturated rings. The number of anilines is 2. The minimum absolute atomic E-state index is 0.295. The van der Waals surface area contributed by atoms with Crippen LogP contribution in [0.5, 0.6) is 11.5 Å². The topological polar surface area (TPSA) is 42.4 Å². The van der Waals surface area contributed by atoms with Crippen molar-refractivity contribution in [3.8, 4) is 22.8 Å². The predicted molar refractivity (Wildman–Crippen MR) is 121 cm³/mol. The molecule has 0 atom stereocenters. The lowest BCUT2D eigenvalue weighted by atomic mass is 10.1. The van der Waals surface area contributed by atoms with Gasteiger partial charge in [0.15, 0.2) is 6.29 Å². The van der Waals surface area contributed by atoms with E-state index in [2.05, 4.69) is 4.98 Å². The molecule has 0 unspecified atom stereocenters. The first-order valence-electron chi connectivity index (χ1n) is 10.0. The quantitative estimate of drug-likeness (QED) is 0.294. The summed E-state index contributed by atoms with van der Waals surface area (Å²) in [6.07, 6.45) is -3.69. The standard InChI is InChI=1S/C26H19F3N2O2/c1-31(21-5-3-2-4-6-21)22-15-20(17-32)30-25(16-22)18-7-11-23(12-8-18)33-24-13-9-19(10-14-24)26(27,28)29/h2-17H,1H3. The molecule has 4 aromatic rings. The van der Waals surface area contributed by atoms with E-state index in [1.807, 2.05) is 48.3 Å². The molecule has 0 aliphatic rings. The second-order valence-electron chi connectivity index (χ2n) is 7.30. The Kier molecular flexibility index (Phi) is 6.13. The molecule has 0 bridgehead atoms. The highest BCUT2D eigenvalue weighted by atomic mass is 19.4. The van der Waals surface area contributed by atoms with Crippen molar-refractivity contribution in [1.29, 1.82) is 0 Å². The zero-order valence-corrected chi connectivity index (χ0v) is 17.6. The van der Waals surface area contributed by atoms with E-state index in [4.69, 9.17) is 4.74 Å². The largest absolute Gasteiger partial charge is 0.457 e. The minimum Gasteiger partial charge on any atom is -0.457 e. The van der Waals surface area contributed by atoms with E-state index < -0.39 is 11.7 Å². The average Bonchev–Trinajstić information content (AvgIpc) is 2.84.